The normalized spacial score (nSPS) is 15.3. The van der Waals surface area contributed by atoms with Gasteiger partial charge in [-0.3, -0.25) is 9.59 Å². The molecule has 0 atom stereocenters. The first kappa shape index (κ1) is 16.5. The van der Waals surface area contributed by atoms with E-state index in [4.69, 9.17) is 0 Å². The lowest BCUT2D eigenvalue weighted by Crippen LogP contribution is -2.43. The SMILES string of the molecule is CC(=O)N(CC(=O)N1CCCCCC1)c1c(C)cccc1C. The van der Waals surface area contributed by atoms with E-state index < -0.39 is 0 Å². The maximum Gasteiger partial charge on any atom is 0.242 e. The second-order valence-electron chi connectivity index (χ2n) is 6.14. The highest BCUT2D eigenvalue weighted by atomic mass is 16.2. The molecule has 1 aromatic rings. The van der Waals surface area contributed by atoms with Gasteiger partial charge >= 0.3 is 0 Å². The Bertz CT molecular complexity index is 526. The lowest BCUT2D eigenvalue weighted by molar-refractivity contribution is -0.131. The van der Waals surface area contributed by atoms with Crippen molar-refractivity contribution in [3.63, 3.8) is 0 Å². The number of hydrogen-bond acceptors (Lipinski definition) is 2. The largest absolute Gasteiger partial charge is 0.341 e. The second-order valence-corrected chi connectivity index (χ2v) is 6.14. The summed E-state index contributed by atoms with van der Waals surface area (Å²) in [5.74, 6) is -0.0275. The number of aryl methyl sites for hydroxylation is 2. The predicted molar refractivity (Wildman–Crippen MR) is 89.0 cm³/mol. The van der Waals surface area contributed by atoms with Crippen molar-refractivity contribution in [2.75, 3.05) is 24.5 Å². The highest BCUT2D eigenvalue weighted by molar-refractivity contribution is 5.98. The number of hydrogen-bond donors (Lipinski definition) is 0. The quantitative estimate of drug-likeness (QED) is 0.861. The fourth-order valence-electron chi connectivity index (χ4n) is 3.13. The van der Waals surface area contributed by atoms with Gasteiger partial charge in [0.05, 0.1) is 5.69 Å². The number of para-hydroxylation sites is 1. The summed E-state index contributed by atoms with van der Waals surface area (Å²) in [5, 5.41) is 0. The molecule has 0 spiro atoms. The van der Waals surface area contributed by atoms with E-state index in [2.05, 4.69) is 0 Å². The number of nitrogens with zero attached hydrogens (tertiary/aromatic N) is 2. The zero-order valence-corrected chi connectivity index (χ0v) is 13.9. The monoisotopic (exact) mass is 302 g/mol. The van der Waals surface area contributed by atoms with Crippen molar-refractivity contribution >= 4 is 17.5 Å². The van der Waals surface area contributed by atoms with Gasteiger partial charge in [-0.15, -0.1) is 0 Å². The van der Waals surface area contributed by atoms with Crippen LogP contribution in [0.25, 0.3) is 0 Å². The molecule has 1 heterocycles. The van der Waals surface area contributed by atoms with E-state index in [-0.39, 0.29) is 18.4 Å². The van der Waals surface area contributed by atoms with E-state index in [0.717, 1.165) is 42.7 Å². The van der Waals surface area contributed by atoms with Crippen LogP contribution in [0.1, 0.15) is 43.7 Å². The van der Waals surface area contributed by atoms with Gasteiger partial charge in [0.2, 0.25) is 11.8 Å². The third-order valence-electron chi connectivity index (χ3n) is 4.34. The summed E-state index contributed by atoms with van der Waals surface area (Å²) in [4.78, 5) is 28.2. The van der Waals surface area contributed by atoms with Gasteiger partial charge in [0.1, 0.15) is 6.54 Å². The molecular weight excluding hydrogens is 276 g/mol. The van der Waals surface area contributed by atoms with Crippen molar-refractivity contribution in [3.05, 3.63) is 29.3 Å². The molecule has 0 aromatic heterocycles. The summed E-state index contributed by atoms with van der Waals surface area (Å²) < 4.78 is 0. The Kier molecular flexibility index (Phi) is 5.58. The van der Waals surface area contributed by atoms with Crippen LogP contribution >= 0.6 is 0 Å². The van der Waals surface area contributed by atoms with E-state index >= 15 is 0 Å². The molecule has 4 nitrogen and oxygen atoms in total. The molecule has 0 N–H and O–H groups in total. The number of likely N-dealkylation sites (tertiary alicyclic amines) is 1. The van der Waals surface area contributed by atoms with E-state index in [1.807, 2.05) is 36.9 Å². The Morgan fingerprint density at radius 1 is 1.05 bits per heavy atom. The number of anilines is 1. The van der Waals surface area contributed by atoms with Gasteiger partial charge in [0.15, 0.2) is 0 Å². The molecule has 1 aromatic carbocycles. The first-order valence-electron chi connectivity index (χ1n) is 8.13. The van der Waals surface area contributed by atoms with E-state index in [9.17, 15) is 9.59 Å². The molecule has 0 bridgehead atoms. The molecule has 1 saturated heterocycles. The molecule has 4 heteroatoms. The van der Waals surface area contributed by atoms with Crippen LogP contribution in [0.2, 0.25) is 0 Å². The molecular formula is C18H26N2O2. The van der Waals surface area contributed by atoms with E-state index in [0.29, 0.717) is 0 Å². The van der Waals surface area contributed by atoms with Gasteiger partial charge in [-0.25, -0.2) is 0 Å². The number of carbonyl (C=O) groups excluding carboxylic acids is 2. The highest BCUT2D eigenvalue weighted by Gasteiger charge is 2.23. The third-order valence-corrected chi connectivity index (χ3v) is 4.34. The van der Waals surface area contributed by atoms with Crippen LogP contribution in [0.5, 0.6) is 0 Å². The van der Waals surface area contributed by atoms with Crippen LogP contribution in [0.3, 0.4) is 0 Å². The fraction of sp³-hybridized carbons (Fsp3) is 0.556. The molecule has 120 valence electrons. The van der Waals surface area contributed by atoms with Crippen molar-refractivity contribution in [1.29, 1.82) is 0 Å². The summed E-state index contributed by atoms with van der Waals surface area (Å²) in [7, 11) is 0. The average molecular weight is 302 g/mol. The Labute approximate surface area is 133 Å². The smallest absolute Gasteiger partial charge is 0.242 e. The maximum atomic E-state index is 12.6. The molecule has 1 aliphatic heterocycles. The summed E-state index contributed by atoms with van der Waals surface area (Å²) in [6, 6.07) is 5.94. The van der Waals surface area contributed by atoms with E-state index in [1.165, 1.54) is 19.8 Å². The van der Waals surface area contributed by atoms with Gasteiger partial charge < -0.3 is 9.80 Å². The van der Waals surface area contributed by atoms with Crippen molar-refractivity contribution in [3.8, 4) is 0 Å². The van der Waals surface area contributed by atoms with Crippen molar-refractivity contribution < 1.29 is 9.59 Å². The van der Waals surface area contributed by atoms with Crippen LogP contribution in [-0.2, 0) is 9.59 Å². The molecule has 0 radical (unpaired) electrons. The zero-order chi connectivity index (χ0) is 16.1. The Morgan fingerprint density at radius 2 is 1.59 bits per heavy atom. The topological polar surface area (TPSA) is 40.6 Å². The minimum absolute atomic E-state index is 0.0553. The van der Waals surface area contributed by atoms with Gasteiger partial charge in [-0.05, 0) is 37.8 Å². The predicted octanol–water partition coefficient (Wildman–Crippen LogP) is 3.06. The molecule has 22 heavy (non-hydrogen) atoms. The fourth-order valence-corrected chi connectivity index (χ4v) is 3.13. The molecule has 0 aliphatic carbocycles. The Hall–Kier alpha value is -1.84. The average Bonchev–Trinajstić information content (AvgIpc) is 2.74. The van der Waals surface area contributed by atoms with Gasteiger partial charge in [-0.1, -0.05) is 31.0 Å². The molecule has 1 aliphatic rings. The van der Waals surface area contributed by atoms with Crippen LogP contribution in [0, 0.1) is 13.8 Å². The molecule has 0 unspecified atom stereocenters. The molecule has 2 amide bonds. The summed E-state index contributed by atoms with van der Waals surface area (Å²) in [6.45, 7) is 7.26. The minimum atomic E-state index is -0.0828. The van der Waals surface area contributed by atoms with Gasteiger partial charge in [0.25, 0.3) is 0 Å². The highest BCUT2D eigenvalue weighted by Crippen LogP contribution is 2.25. The van der Waals surface area contributed by atoms with Crippen LogP contribution in [-0.4, -0.2) is 36.3 Å². The molecule has 2 rings (SSSR count). The maximum absolute atomic E-state index is 12.6. The summed E-state index contributed by atoms with van der Waals surface area (Å²) >= 11 is 0. The van der Waals surface area contributed by atoms with Gasteiger partial charge in [0, 0.05) is 20.0 Å². The molecule has 0 saturated carbocycles. The van der Waals surface area contributed by atoms with Crippen molar-refractivity contribution in [2.45, 2.75) is 46.5 Å². The number of rotatable bonds is 3. The van der Waals surface area contributed by atoms with Crippen LogP contribution in [0.4, 0.5) is 5.69 Å². The Balaban J connectivity index is 2.18. The standard InChI is InChI=1S/C18H26N2O2/c1-14-9-8-10-15(2)18(14)20(16(3)21)13-17(22)19-11-6-4-5-7-12-19/h8-10H,4-7,11-13H2,1-3H3. The van der Waals surface area contributed by atoms with Crippen LogP contribution in [0.15, 0.2) is 18.2 Å². The first-order valence-corrected chi connectivity index (χ1v) is 8.13. The van der Waals surface area contributed by atoms with Crippen molar-refractivity contribution in [2.24, 2.45) is 0 Å². The zero-order valence-electron chi connectivity index (χ0n) is 13.9. The molecule has 1 fully saturated rings. The first-order chi connectivity index (χ1) is 10.5. The summed E-state index contributed by atoms with van der Waals surface area (Å²) in [5.41, 5.74) is 2.93. The lowest BCUT2D eigenvalue weighted by atomic mass is 10.1. The Morgan fingerprint density at radius 3 is 2.09 bits per heavy atom. The lowest BCUT2D eigenvalue weighted by Gasteiger charge is -2.28. The summed E-state index contributed by atoms with van der Waals surface area (Å²) in [6.07, 6.45) is 4.51. The van der Waals surface area contributed by atoms with E-state index in [1.54, 1.807) is 4.90 Å². The van der Waals surface area contributed by atoms with Gasteiger partial charge in [-0.2, -0.15) is 0 Å². The van der Waals surface area contributed by atoms with Crippen molar-refractivity contribution in [1.82, 2.24) is 4.90 Å². The minimum Gasteiger partial charge on any atom is -0.341 e. The second kappa shape index (κ2) is 7.43. The number of benzene rings is 1. The number of carbonyl (C=O) groups is 2. The van der Waals surface area contributed by atoms with Crippen LogP contribution < -0.4 is 4.90 Å². The number of amides is 2. The third kappa shape index (κ3) is 3.87.